The molecule has 1 aliphatic heterocycles. The highest BCUT2D eigenvalue weighted by molar-refractivity contribution is 5.85. The summed E-state index contributed by atoms with van der Waals surface area (Å²) in [5.41, 5.74) is 1.03. The zero-order valence-electron chi connectivity index (χ0n) is 13.7. The van der Waals surface area contributed by atoms with Gasteiger partial charge in [-0.2, -0.15) is 0 Å². The van der Waals surface area contributed by atoms with E-state index in [4.69, 9.17) is 0 Å². The smallest absolute Gasteiger partial charge is 0.234 e. The van der Waals surface area contributed by atoms with Crippen molar-refractivity contribution in [2.24, 2.45) is 0 Å². The monoisotopic (exact) mass is 343 g/mol. The highest BCUT2D eigenvalue weighted by Crippen LogP contribution is 2.08. The van der Waals surface area contributed by atoms with E-state index in [0.717, 1.165) is 44.5 Å². The first kappa shape index (κ1) is 19.9. The highest BCUT2D eigenvalue weighted by Gasteiger charge is 2.23. The molecule has 0 radical (unpaired) electrons. The average molecular weight is 344 g/mol. The number of rotatable bonds is 8. The van der Waals surface area contributed by atoms with Gasteiger partial charge in [0.25, 0.3) is 0 Å². The topological polar surface area (TPSA) is 44.4 Å². The molecule has 1 atom stereocenters. The number of carbonyl (C=O) groups is 1. The zero-order chi connectivity index (χ0) is 15.8. The third kappa shape index (κ3) is 6.85. The first-order chi connectivity index (χ1) is 10.7. The van der Waals surface area contributed by atoms with Crippen LogP contribution in [0.25, 0.3) is 0 Å². The molecule has 6 heteroatoms. The van der Waals surface area contributed by atoms with Crippen molar-refractivity contribution in [3.8, 4) is 0 Å². The van der Waals surface area contributed by atoms with Crippen molar-refractivity contribution in [1.82, 2.24) is 15.5 Å². The van der Waals surface area contributed by atoms with E-state index >= 15 is 0 Å². The van der Waals surface area contributed by atoms with Gasteiger partial charge in [-0.1, -0.05) is 19.1 Å². The van der Waals surface area contributed by atoms with Crippen molar-refractivity contribution in [2.45, 2.75) is 32.2 Å². The molecule has 0 aliphatic carbocycles. The van der Waals surface area contributed by atoms with E-state index in [9.17, 15) is 9.18 Å². The summed E-state index contributed by atoms with van der Waals surface area (Å²) in [5, 5.41) is 6.31. The van der Waals surface area contributed by atoms with Gasteiger partial charge >= 0.3 is 0 Å². The van der Waals surface area contributed by atoms with Crippen molar-refractivity contribution >= 4 is 18.3 Å². The van der Waals surface area contributed by atoms with Crippen LogP contribution in [0.4, 0.5) is 4.39 Å². The Kier molecular flexibility index (Phi) is 9.14. The second-order valence-corrected chi connectivity index (χ2v) is 5.84. The number of nitrogens with one attached hydrogen (secondary N) is 2. The van der Waals surface area contributed by atoms with Crippen LogP contribution in [0.1, 0.15) is 25.3 Å². The minimum absolute atomic E-state index is 0. The minimum atomic E-state index is -0.229. The molecule has 4 nitrogen and oxygen atoms in total. The van der Waals surface area contributed by atoms with Gasteiger partial charge in [0.1, 0.15) is 5.82 Å². The maximum atomic E-state index is 12.8. The Morgan fingerprint density at radius 1 is 1.39 bits per heavy atom. The van der Waals surface area contributed by atoms with Gasteiger partial charge in [-0.05, 0) is 50.0 Å². The Bertz CT molecular complexity index is 463. The SMILES string of the molecule is CCCN(CC(=O)NCCc1ccc(F)cc1)C1CCNC1.Cl. The summed E-state index contributed by atoms with van der Waals surface area (Å²) in [4.78, 5) is 14.4. The largest absolute Gasteiger partial charge is 0.355 e. The molecule has 23 heavy (non-hydrogen) atoms. The minimum Gasteiger partial charge on any atom is -0.355 e. The van der Waals surface area contributed by atoms with Gasteiger partial charge < -0.3 is 10.6 Å². The Morgan fingerprint density at radius 2 is 2.13 bits per heavy atom. The zero-order valence-corrected chi connectivity index (χ0v) is 14.5. The molecule has 1 fully saturated rings. The lowest BCUT2D eigenvalue weighted by Crippen LogP contribution is -2.44. The predicted molar refractivity (Wildman–Crippen MR) is 93.5 cm³/mol. The molecule has 0 spiro atoms. The lowest BCUT2D eigenvalue weighted by Gasteiger charge is -2.27. The van der Waals surface area contributed by atoms with Crippen LogP contribution >= 0.6 is 12.4 Å². The molecule has 1 amide bonds. The molecule has 1 aromatic carbocycles. The van der Waals surface area contributed by atoms with Gasteiger partial charge in [-0.25, -0.2) is 4.39 Å². The third-order valence-electron chi connectivity index (χ3n) is 4.06. The van der Waals surface area contributed by atoms with E-state index in [1.54, 1.807) is 12.1 Å². The van der Waals surface area contributed by atoms with Crippen molar-refractivity contribution in [3.63, 3.8) is 0 Å². The highest BCUT2D eigenvalue weighted by atomic mass is 35.5. The number of halogens is 2. The molecule has 1 aliphatic rings. The van der Waals surface area contributed by atoms with Crippen molar-refractivity contribution in [2.75, 3.05) is 32.7 Å². The van der Waals surface area contributed by atoms with Gasteiger partial charge in [-0.15, -0.1) is 12.4 Å². The van der Waals surface area contributed by atoms with Crippen LogP contribution in [0.3, 0.4) is 0 Å². The van der Waals surface area contributed by atoms with Crippen LogP contribution in [0, 0.1) is 5.82 Å². The maximum absolute atomic E-state index is 12.8. The molecule has 2 rings (SSSR count). The molecule has 1 saturated heterocycles. The maximum Gasteiger partial charge on any atom is 0.234 e. The van der Waals surface area contributed by atoms with E-state index in [1.807, 2.05) is 0 Å². The van der Waals surface area contributed by atoms with E-state index < -0.39 is 0 Å². The Morgan fingerprint density at radius 3 is 2.74 bits per heavy atom. The molecule has 130 valence electrons. The van der Waals surface area contributed by atoms with Crippen molar-refractivity contribution in [1.29, 1.82) is 0 Å². The van der Waals surface area contributed by atoms with E-state index in [-0.39, 0.29) is 24.1 Å². The lowest BCUT2D eigenvalue weighted by atomic mass is 10.1. The first-order valence-corrected chi connectivity index (χ1v) is 8.15. The molecular formula is C17H27ClFN3O. The number of benzene rings is 1. The van der Waals surface area contributed by atoms with E-state index in [1.165, 1.54) is 12.1 Å². The number of hydrogen-bond donors (Lipinski definition) is 2. The van der Waals surface area contributed by atoms with Gasteiger partial charge in [0, 0.05) is 19.1 Å². The van der Waals surface area contributed by atoms with Crippen LogP contribution in [0.5, 0.6) is 0 Å². The van der Waals surface area contributed by atoms with Crippen LogP contribution < -0.4 is 10.6 Å². The molecule has 2 N–H and O–H groups in total. The predicted octanol–water partition coefficient (Wildman–Crippen LogP) is 1.98. The summed E-state index contributed by atoms with van der Waals surface area (Å²) in [6.45, 7) is 6.16. The summed E-state index contributed by atoms with van der Waals surface area (Å²) in [7, 11) is 0. The summed E-state index contributed by atoms with van der Waals surface area (Å²) in [5.74, 6) is -0.157. The van der Waals surface area contributed by atoms with E-state index in [0.29, 0.717) is 19.1 Å². The molecule has 0 bridgehead atoms. The standard InChI is InChI=1S/C17H26FN3O.ClH/c1-2-11-21(16-8-9-19-12-16)13-17(22)20-10-7-14-3-5-15(18)6-4-14;/h3-6,16,19H,2,7-13H2,1H3,(H,20,22);1H. The molecular weight excluding hydrogens is 317 g/mol. The van der Waals surface area contributed by atoms with Crippen LogP contribution in [-0.2, 0) is 11.2 Å². The first-order valence-electron chi connectivity index (χ1n) is 8.15. The van der Waals surface area contributed by atoms with Gasteiger partial charge in [-0.3, -0.25) is 9.69 Å². The molecule has 0 saturated carbocycles. The number of nitrogens with zero attached hydrogens (tertiary/aromatic N) is 1. The summed E-state index contributed by atoms with van der Waals surface area (Å²) >= 11 is 0. The average Bonchev–Trinajstić information content (AvgIpc) is 3.03. The number of carbonyl (C=O) groups excluding carboxylic acids is 1. The third-order valence-corrected chi connectivity index (χ3v) is 4.06. The Labute approximate surface area is 144 Å². The quantitative estimate of drug-likeness (QED) is 0.758. The fraction of sp³-hybridized carbons (Fsp3) is 0.588. The summed E-state index contributed by atoms with van der Waals surface area (Å²) in [6.07, 6.45) is 2.90. The van der Waals surface area contributed by atoms with E-state index in [2.05, 4.69) is 22.5 Å². The van der Waals surface area contributed by atoms with Gasteiger partial charge in [0.05, 0.1) is 6.54 Å². The second-order valence-electron chi connectivity index (χ2n) is 5.84. The summed E-state index contributed by atoms with van der Waals surface area (Å²) in [6, 6.07) is 6.90. The van der Waals surface area contributed by atoms with Gasteiger partial charge in [0.15, 0.2) is 0 Å². The van der Waals surface area contributed by atoms with Crippen molar-refractivity contribution < 1.29 is 9.18 Å². The molecule has 0 aromatic heterocycles. The van der Waals surface area contributed by atoms with Gasteiger partial charge in [0.2, 0.25) is 5.91 Å². The summed E-state index contributed by atoms with van der Waals surface area (Å²) < 4.78 is 12.8. The van der Waals surface area contributed by atoms with Crippen LogP contribution in [0.15, 0.2) is 24.3 Å². The Balaban J connectivity index is 0.00000264. The number of amides is 1. The Hall–Kier alpha value is -1.17. The molecule has 1 heterocycles. The van der Waals surface area contributed by atoms with Crippen LogP contribution in [-0.4, -0.2) is 49.6 Å². The fourth-order valence-corrected chi connectivity index (χ4v) is 2.87. The number of hydrogen-bond acceptors (Lipinski definition) is 3. The second kappa shape index (κ2) is 10.6. The van der Waals surface area contributed by atoms with Crippen molar-refractivity contribution in [3.05, 3.63) is 35.6 Å². The van der Waals surface area contributed by atoms with Crippen LogP contribution in [0.2, 0.25) is 0 Å². The normalized spacial score (nSPS) is 17.1. The molecule has 1 aromatic rings. The fourth-order valence-electron chi connectivity index (χ4n) is 2.87. The lowest BCUT2D eigenvalue weighted by molar-refractivity contribution is -0.122. The molecule has 1 unspecified atom stereocenters.